The molecule has 1 aromatic carbocycles. The van der Waals surface area contributed by atoms with Crippen molar-refractivity contribution in [3.63, 3.8) is 0 Å². The van der Waals surface area contributed by atoms with Crippen molar-refractivity contribution in [2.75, 3.05) is 5.32 Å². The smallest absolute Gasteiger partial charge is 0.325 e. The van der Waals surface area contributed by atoms with Gasteiger partial charge in [-0.05, 0) is 31.2 Å². The number of benzene rings is 1. The molecule has 0 saturated carbocycles. The molecule has 0 radical (unpaired) electrons. The molecule has 0 fully saturated rings. The number of aromatic nitrogens is 1. The van der Waals surface area contributed by atoms with Gasteiger partial charge in [-0.2, -0.15) is 0 Å². The van der Waals surface area contributed by atoms with Crippen LogP contribution in [0, 0.1) is 0 Å². The highest BCUT2D eigenvalue weighted by atomic mass is 35.5. The maximum Gasteiger partial charge on any atom is 0.325 e. The number of anilines is 1. The highest BCUT2D eigenvalue weighted by Crippen LogP contribution is 2.28. The highest BCUT2D eigenvalue weighted by Gasteiger charge is 2.12. The van der Waals surface area contributed by atoms with Crippen molar-refractivity contribution in [2.45, 2.75) is 13.0 Å². The van der Waals surface area contributed by atoms with E-state index < -0.39 is 12.0 Å². The van der Waals surface area contributed by atoms with Gasteiger partial charge in [0.25, 0.3) is 0 Å². The van der Waals surface area contributed by atoms with Gasteiger partial charge in [-0.25, -0.2) is 0 Å². The monoisotopic (exact) mass is 250 g/mol. The van der Waals surface area contributed by atoms with Crippen molar-refractivity contribution < 1.29 is 9.90 Å². The Morgan fingerprint density at radius 3 is 2.94 bits per heavy atom. The molecule has 4 nitrogen and oxygen atoms in total. The molecule has 88 valence electrons. The van der Waals surface area contributed by atoms with Crippen molar-refractivity contribution in [3.8, 4) is 0 Å². The van der Waals surface area contributed by atoms with Gasteiger partial charge in [0.1, 0.15) is 6.04 Å². The molecule has 0 aliphatic rings. The maximum absolute atomic E-state index is 10.8. The van der Waals surface area contributed by atoms with Gasteiger partial charge in [-0.1, -0.05) is 11.6 Å². The van der Waals surface area contributed by atoms with Crippen LogP contribution in [0.15, 0.2) is 30.5 Å². The van der Waals surface area contributed by atoms with Crippen LogP contribution in [0.3, 0.4) is 0 Å². The third-order valence-electron chi connectivity index (χ3n) is 2.46. The summed E-state index contributed by atoms with van der Waals surface area (Å²) in [4.78, 5) is 15.0. The van der Waals surface area contributed by atoms with Crippen LogP contribution < -0.4 is 5.32 Å². The summed E-state index contributed by atoms with van der Waals surface area (Å²) in [6, 6.07) is 6.43. The van der Waals surface area contributed by atoms with E-state index in [4.69, 9.17) is 16.7 Å². The third kappa shape index (κ3) is 2.31. The number of hydrogen-bond donors (Lipinski definition) is 2. The van der Waals surface area contributed by atoms with Crippen LogP contribution >= 0.6 is 11.6 Å². The number of carbonyl (C=O) groups is 1. The number of halogens is 1. The molecule has 2 rings (SSSR count). The molecule has 1 atom stereocenters. The lowest BCUT2D eigenvalue weighted by Gasteiger charge is -2.13. The summed E-state index contributed by atoms with van der Waals surface area (Å²) in [6.45, 7) is 1.58. The summed E-state index contributed by atoms with van der Waals surface area (Å²) in [5.74, 6) is -0.906. The standard InChI is InChI=1S/C12H11ClN2O2/c1-7(12(16)17)15-10-5-4-9(13)11-8(10)3-2-6-14-11/h2-7,15H,1H3,(H,16,17). The molecule has 0 saturated heterocycles. The minimum atomic E-state index is -0.906. The predicted octanol–water partition coefficient (Wildman–Crippen LogP) is 2.77. The van der Waals surface area contributed by atoms with Crippen molar-refractivity contribution in [1.82, 2.24) is 4.98 Å². The lowest BCUT2D eigenvalue weighted by molar-refractivity contribution is -0.137. The zero-order valence-corrected chi connectivity index (χ0v) is 9.90. The van der Waals surface area contributed by atoms with E-state index in [0.29, 0.717) is 16.2 Å². The molecule has 17 heavy (non-hydrogen) atoms. The second-order valence-electron chi connectivity index (χ2n) is 3.70. The number of aliphatic carboxylic acids is 1. The Kier molecular flexibility index (Phi) is 3.15. The first kappa shape index (κ1) is 11.7. The van der Waals surface area contributed by atoms with E-state index >= 15 is 0 Å². The summed E-state index contributed by atoms with van der Waals surface area (Å²) in [7, 11) is 0. The average molecular weight is 251 g/mol. The summed E-state index contributed by atoms with van der Waals surface area (Å²) < 4.78 is 0. The lowest BCUT2D eigenvalue weighted by atomic mass is 10.1. The third-order valence-corrected chi connectivity index (χ3v) is 2.77. The van der Waals surface area contributed by atoms with Gasteiger partial charge in [0.05, 0.1) is 10.5 Å². The predicted molar refractivity (Wildman–Crippen MR) is 67.5 cm³/mol. The molecule has 0 bridgehead atoms. The van der Waals surface area contributed by atoms with Gasteiger partial charge in [0, 0.05) is 17.3 Å². The Morgan fingerprint density at radius 2 is 2.24 bits per heavy atom. The SMILES string of the molecule is CC(Nc1ccc(Cl)c2ncccc12)C(=O)O. The van der Waals surface area contributed by atoms with Gasteiger partial charge >= 0.3 is 5.97 Å². The van der Waals surface area contributed by atoms with Crippen LogP contribution in [0.4, 0.5) is 5.69 Å². The van der Waals surface area contributed by atoms with Crippen molar-refractivity contribution in [2.24, 2.45) is 0 Å². The first-order chi connectivity index (χ1) is 8.09. The van der Waals surface area contributed by atoms with Gasteiger partial charge in [-0.15, -0.1) is 0 Å². The molecular formula is C12H11ClN2O2. The molecule has 1 heterocycles. The summed E-state index contributed by atoms with van der Waals surface area (Å²) >= 11 is 6.02. The second-order valence-corrected chi connectivity index (χ2v) is 4.11. The zero-order chi connectivity index (χ0) is 12.4. The van der Waals surface area contributed by atoms with Crippen LogP contribution in [0.1, 0.15) is 6.92 Å². The van der Waals surface area contributed by atoms with E-state index in [1.807, 2.05) is 6.07 Å². The number of carboxylic acids is 1. The van der Waals surface area contributed by atoms with Crippen molar-refractivity contribution >= 4 is 34.2 Å². The first-order valence-electron chi connectivity index (χ1n) is 5.12. The molecule has 1 unspecified atom stereocenters. The molecule has 0 aliphatic carbocycles. The van der Waals surface area contributed by atoms with E-state index in [2.05, 4.69) is 10.3 Å². The highest BCUT2D eigenvalue weighted by molar-refractivity contribution is 6.35. The first-order valence-corrected chi connectivity index (χ1v) is 5.50. The Balaban J connectivity index is 2.48. The molecule has 2 aromatic rings. The average Bonchev–Trinajstić information content (AvgIpc) is 2.33. The van der Waals surface area contributed by atoms with Crippen LogP contribution in [-0.4, -0.2) is 22.1 Å². The maximum atomic E-state index is 10.8. The summed E-state index contributed by atoms with van der Waals surface area (Å²) in [5, 5.41) is 13.1. The number of rotatable bonds is 3. The molecule has 0 amide bonds. The van der Waals surface area contributed by atoms with Crippen molar-refractivity contribution in [3.05, 3.63) is 35.5 Å². The van der Waals surface area contributed by atoms with E-state index in [1.54, 1.807) is 31.3 Å². The zero-order valence-electron chi connectivity index (χ0n) is 9.14. The quantitative estimate of drug-likeness (QED) is 0.879. The molecular weight excluding hydrogens is 240 g/mol. The molecule has 0 spiro atoms. The topological polar surface area (TPSA) is 62.2 Å². The molecule has 5 heteroatoms. The molecule has 2 N–H and O–H groups in total. The number of nitrogens with zero attached hydrogens (tertiary/aromatic N) is 1. The fraction of sp³-hybridized carbons (Fsp3) is 0.167. The Labute approximate surface area is 103 Å². The van der Waals surface area contributed by atoms with E-state index in [9.17, 15) is 4.79 Å². The van der Waals surface area contributed by atoms with Crippen molar-refractivity contribution in [1.29, 1.82) is 0 Å². The molecule has 0 aliphatic heterocycles. The van der Waals surface area contributed by atoms with Gasteiger partial charge in [0.15, 0.2) is 0 Å². The fourth-order valence-electron chi connectivity index (χ4n) is 1.56. The number of carboxylic acid groups (broad SMARTS) is 1. The fourth-order valence-corrected chi connectivity index (χ4v) is 1.77. The number of fused-ring (bicyclic) bond motifs is 1. The minimum absolute atomic E-state index is 0.550. The Morgan fingerprint density at radius 1 is 1.47 bits per heavy atom. The second kappa shape index (κ2) is 4.59. The Hall–Kier alpha value is -1.81. The summed E-state index contributed by atoms with van der Waals surface area (Å²) in [6.07, 6.45) is 1.65. The number of hydrogen-bond acceptors (Lipinski definition) is 3. The minimum Gasteiger partial charge on any atom is -0.480 e. The largest absolute Gasteiger partial charge is 0.480 e. The van der Waals surface area contributed by atoms with E-state index in [-0.39, 0.29) is 0 Å². The van der Waals surface area contributed by atoms with Gasteiger partial charge < -0.3 is 10.4 Å². The van der Waals surface area contributed by atoms with Crippen LogP contribution in [-0.2, 0) is 4.79 Å². The lowest BCUT2D eigenvalue weighted by Crippen LogP contribution is -2.25. The number of nitrogens with one attached hydrogen (secondary N) is 1. The van der Waals surface area contributed by atoms with E-state index in [0.717, 1.165) is 5.39 Å². The Bertz CT molecular complexity index is 571. The number of pyridine rings is 1. The van der Waals surface area contributed by atoms with Crippen LogP contribution in [0.2, 0.25) is 5.02 Å². The van der Waals surface area contributed by atoms with Crippen LogP contribution in [0.5, 0.6) is 0 Å². The van der Waals surface area contributed by atoms with Gasteiger partial charge in [-0.3, -0.25) is 9.78 Å². The van der Waals surface area contributed by atoms with E-state index in [1.165, 1.54) is 0 Å². The normalized spacial score (nSPS) is 12.4. The molecule has 1 aromatic heterocycles. The summed E-state index contributed by atoms with van der Waals surface area (Å²) in [5.41, 5.74) is 1.38. The van der Waals surface area contributed by atoms with Crippen LogP contribution in [0.25, 0.3) is 10.9 Å². The van der Waals surface area contributed by atoms with Gasteiger partial charge in [0.2, 0.25) is 0 Å².